The van der Waals surface area contributed by atoms with Gasteiger partial charge in [-0.1, -0.05) is 5.16 Å². The molecular weight excluding hydrogens is 362 g/mol. The third kappa shape index (κ3) is 3.68. The second kappa shape index (κ2) is 6.78. The largest absolute Gasteiger partial charge is 0.497 e. The van der Waals surface area contributed by atoms with Crippen molar-refractivity contribution < 1.29 is 14.4 Å². The van der Waals surface area contributed by atoms with Gasteiger partial charge in [-0.2, -0.15) is 0 Å². The molecular formula is C16H14BrN3O3. The highest BCUT2D eigenvalue weighted by Crippen LogP contribution is 2.20. The van der Waals surface area contributed by atoms with Crippen LogP contribution in [0.15, 0.2) is 52.2 Å². The molecule has 0 saturated carbocycles. The molecule has 7 heteroatoms. The predicted molar refractivity (Wildman–Crippen MR) is 89.6 cm³/mol. The van der Waals surface area contributed by atoms with Crippen LogP contribution in [-0.4, -0.2) is 29.8 Å². The first-order valence-electron chi connectivity index (χ1n) is 6.95. The van der Waals surface area contributed by atoms with E-state index in [1.165, 1.54) is 0 Å². The number of carbonyl (C=O) groups excluding carboxylic acids is 1. The molecule has 1 N–H and O–H groups in total. The van der Waals surface area contributed by atoms with E-state index >= 15 is 0 Å². The van der Waals surface area contributed by atoms with Gasteiger partial charge in [-0.3, -0.25) is 4.79 Å². The van der Waals surface area contributed by atoms with Crippen molar-refractivity contribution >= 4 is 33.4 Å². The first-order chi connectivity index (χ1) is 11.2. The first kappa shape index (κ1) is 15.5. The van der Waals surface area contributed by atoms with Crippen molar-refractivity contribution in [1.29, 1.82) is 0 Å². The van der Waals surface area contributed by atoms with E-state index in [0.29, 0.717) is 12.2 Å². The number of rotatable bonds is 4. The van der Waals surface area contributed by atoms with E-state index in [0.717, 1.165) is 21.5 Å². The zero-order chi connectivity index (χ0) is 16.2. The number of hydrogen-bond donors (Lipinski definition) is 1. The molecule has 0 spiro atoms. The van der Waals surface area contributed by atoms with Crippen LogP contribution in [0.25, 0.3) is 0 Å². The van der Waals surface area contributed by atoms with Crippen LogP contribution in [0.5, 0.6) is 5.75 Å². The van der Waals surface area contributed by atoms with Gasteiger partial charge in [-0.15, -0.1) is 0 Å². The average Bonchev–Trinajstić information content (AvgIpc) is 3.07. The van der Waals surface area contributed by atoms with Gasteiger partial charge in [0.25, 0.3) is 5.91 Å². The third-order valence-electron chi connectivity index (χ3n) is 3.36. The number of nitrogens with zero attached hydrogens (tertiary/aromatic N) is 2. The Morgan fingerprint density at radius 2 is 2.09 bits per heavy atom. The Hall–Kier alpha value is -2.41. The van der Waals surface area contributed by atoms with E-state index in [9.17, 15) is 4.79 Å². The van der Waals surface area contributed by atoms with Gasteiger partial charge in [-0.25, -0.2) is 4.98 Å². The van der Waals surface area contributed by atoms with Gasteiger partial charge < -0.3 is 14.9 Å². The second-order valence-corrected chi connectivity index (χ2v) is 5.83. The lowest BCUT2D eigenvalue weighted by atomic mass is 10.0. The summed E-state index contributed by atoms with van der Waals surface area (Å²) in [5.41, 5.74) is 1.64. The summed E-state index contributed by atoms with van der Waals surface area (Å²) in [4.78, 5) is 21.5. The number of ether oxygens (including phenoxy) is 1. The predicted octanol–water partition coefficient (Wildman–Crippen LogP) is 2.98. The minimum atomic E-state index is -0.655. The fourth-order valence-corrected chi connectivity index (χ4v) is 2.36. The van der Waals surface area contributed by atoms with E-state index in [1.807, 2.05) is 24.3 Å². The van der Waals surface area contributed by atoms with E-state index in [-0.39, 0.29) is 5.91 Å². The number of hydrogen-bond acceptors (Lipinski definition) is 5. The molecule has 1 amide bonds. The van der Waals surface area contributed by atoms with Crippen LogP contribution in [0.1, 0.15) is 12.0 Å². The molecule has 1 aliphatic rings. The van der Waals surface area contributed by atoms with Crippen molar-refractivity contribution in [1.82, 2.24) is 4.98 Å². The van der Waals surface area contributed by atoms with Gasteiger partial charge in [0, 0.05) is 17.1 Å². The highest BCUT2D eigenvalue weighted by atomic mass is 79.9. The summed E-state index contributed by atoms with van der Waals surface area (Å²) in [6.45, 7) is 0. The molecule has 1 aliphatic heterocycles. The lowest BCUT2D eigenvalue weighted by molar-refractivity contribution is -0.125. The van der Waals surface area contributed by atoms with Crippen LogP contribution in [0, 0.1) is 0 Å². The maximum absolute atomic E-state index is 12.2. The number of benzene rings is 1. The average molecular weight is 376 g/mol. The van der Waals surface area contributed by atoms with Crippen molar-refractivity contribution in [2.45, 2.75) is 12.5 Å². The Bertz CT molecular complexity index is 729. The van der Waals surface area contributed by atoms with Gasteiger partial charge in [-0.05, 0) is 57.9 Å². The molecule has 1 aromatic carbocycles. The zero-order valence-corrected chi connectivity index (χ0v) is 13.9. The quantitative estimate of drug-likeness (QED) is 0.891. The molecule has 118 valence electrons. The Morgan fingerprint density at radius 3 is 2.74 bits per heavy atom. The van der Waals surface area contributed by atoms with E-state index < -0.39 is 6.10 Å². The number of carbonyl (C=O) groups is 1. The minimum absolute atomic E-state index is 0.271. The van der Waals surface area contributed by atoms with Crippen LogP contribution in [0.3, 0.4) is 0 Å². The van der Waals surface area contributed by atoms with E-state index in [4.69, 9.17) is 9.57 Å². The molecule has 2 aromatic rings. The second-order valence-electron chi connectivity index (χ2n) is 4.92. The Balaban J connectivity index is 1.61. The van der Waals surface area contributed by atoms with E-state index in [2.05, 4.69) is 31.4 Å². The van der Waals surface area contributed by atoms with Gasteiger partial charge in [0.15, 0.2) is 0 Å². The Labute approximate surface area is 141 Å². The SMILES string of the molecule is COc1ccc(C2=NO[C@H](C(=O)Nc3ccc(Br)cn3)C2)cc1. The molecule has 0 saturated heterocycles. The number of pyridine rings is 1. The fraction of sp³-hybridized carbons (Fsp3) is 0.188. The van der Waals surface area contributed by atoms with Crippen LogP contribution < -0.4 is 10.1 Å². The molecule has 0 aliphatic carbocycles. The summed E-state index contributed by atoms with van der Waals surface area (Å²) in [6, 6.07) is 11.0. The number of amides is 1. The lowest BCUT2D eigenvalue weighted by Crippen LogP contribution is -2.28. The number of halogens is 1. The summed E-state index contributed by atoms with van der Waals surface area (Å²) in [6.07, 6.45) is 1.37. The fourth-order valence-electron chi connectivity index (χ4n) is 2.13. The van der Waals surface area contributed by atoms with Crippen LogP contribution in [-0.2, 0) is 9.63 Å². The lowest BCUT2D eigenvalue weighted by Gasteiger charge is -2.08. The molecule has 2 heterocycles. The van der Waals surface area contributed by atoms with Crippen molar-refractivity contribution in [2.24, 2.45) is 5.16 Å². The standard InChI is InChI=1S/C16H14BrN3O3/c1-22-12-5-2-10(3-6-12)13-8-14(23-20-13)16(21)19-15-7-4-11(17)9-18-15/h2-7,9,14H,8H2,1H3,(H,18,19,21)/t14-/m0/s1. The zero-order valence-electron chi connectivity index (χ0n) is 12.3. The molecule has 23 heavy (non-hydrogen) atoms. The van der Waals surface area contributed by atoms with Crippen LogP contribution >= 0.6 is 15.9 Å². The number of aromatic nitrogens is 1. The number of methoxy groups -OCH3 is 1. The van der Waals surface area contributed by atoms with Crippen LogP contribution in [0.2, 0.25) is 0 Å². The number of oxime groups is 1. The monoisotopic (exact) mass is 375 g/mol. The molecule has 0 unspecified atom stereocenters. The van der Waals surface area contributed by atoms with Gasteiger partial charge in [0.1, 0.15) is 11.6 Å². The van der Waals surface area contributed by atoms with Crippen molar-refractivity contribution in [3.05, 3.63) is 52.6 Å². The maximum Gasteiger partial charge on any atom is 0.269 e. The number of anilines is 1. The third-order valence-corrected chi connectivity index (χ3v) is 3.83. The summed E-state index contributed by atoms with van der Waals surface area (Å²) in [5, 5.41) is 6.72. The highest BCUT2D eigenvalue weighted by Gasteiger charge is 2.29. The van der Waals surface area contributed by atoms with Gasteiger partial charge >= 0.3 is 0 Å². The number of nitrogens with one attached hydrogen (secondary N) is 1. The highest BCUT2D eigenvalue weighted by molar-refractivity contribution is 9.10. The molecule has 1 atom stereocenters. The van der Waals surface area contributed by atoms with Gasteiger partial charge in [0.2, 0.25) is 6.10 Å². The Morgan fingerprint density at radius 1 is 1.30 bits per heavy atom. The molecule has 6 nitrogen and oxygen atoms in total. The summed E-state index contributed by atoms with van der Waals surface area (Å²) >= 11 is 3.29. The molecule has 1 aromatic heterocycles. The molecule has 0 fully saturated rings. The van der Waals surface area contributed by atoms with Crippen molar-refractivity contribution in [2.75, 3.05) is 12.4 Å². The van der Waals surface area contributed by atoms with E-state index in [1.54, 1.807) is 25.4 Å². The molecule has 0 bridgehead atoms. The summed E-state index contributed by atoms with van der Waals surface area (Å²) in [7, 11) is 1.61. The smallest absolute Gasteiger partial charge is 0.269 e. The maximum atomic E-state index is 12.2. The first-order valence-corrected chi connectivity index (χ1v) is 7.74. The minimum Gasteiger partial charge on any atom is -0.497 e. The van der Waals surface area contributed by atoms with Crippen molar-refractivity contribution in [3.63, 3.8) is 0 Å². The normalized spacial score (nSPS) is 16.4. The molecule has 3 rings (SSSR count). The topological polar surface area (TPSA) is 72.8 Å². The molecule has 0 radical (unpaired) electrons. The summed E-state index contributed by atoms with van der Waals surface area (Å²) in [5.74, 6) is 0.968. The van der Waals surface area contributed by atoms with Gasteiger partial charge in [0.05, 0.1) is 12.8 Å². The summed E-state index contributed by atoms with van der Waals surface area (Å²) < 4.78 is 5.97. The van der Waals surface area contributed by atoms with Crippen LogP contribution in [0.4, 0.5) is 5.82 Å². The van der Waals surface area contributed by atoms with Crippen molar-refractivity contribution in [3.8, 4) is 5.75 Å². The Kier molecular flexibility index (Phi) is 4.57.